The van der Waals surface area contributed by atoms with E-state index in [0.29, 0.717) is 11.1 Å². The Balaban J connectivity index is 1.75. The second kappa shape index (κ2) is 6.53. The Morgan fingerprint density at radius 1 is 1.32 bits per heavy atom. The maximum Gasteiger partial charge on any atom is 0.352 e. The molecule has 4 atom stereocenters. The highest BCUT2D eigenvalue weighted by molar-refractivity contribution is 8.00. The van der Waals surface area contributed by atoms with Crippen molar-refractivity contribution in [2.45, 2.75) is 36.6 Å². The summed E-state index contributed by atoms with van der Waals surface area (Å²) in [5.74, 6) is -2.01. The summed E-state index contributed by atoms with van der Waals surface area (Å²) in [7, 11) is 0. The normalized spacial score (nSPS) is 26.6. The maximum atomic E-state index is 12.4. The highest BCUT2D eigenvalue weighted by Crippen LogP contribution is 2.43. The van der Waals surface area contributed by atoms with Gasteiger partial charge < -0.3 is 16.2 Å². The lowest BCUT2D eigenvalue weighted by Gasteiger charge is -2.50. The first-order valence-corrected chi connectivity index (χ1v) is 8.80. The Hall–Kier alpha value is -2.32. The topological polar surface area (TPSA) is 113 Å². The molecular weight excluding hydrogens is 342 g/mol. The van der Waals surface area contributed by atoms with E-state index in [1.54, 1.807) is 31.2 Å². The van der Waals surface area contributed by atoms with E-state index >= 15 is 0 Å². The highest BCUT2D eigenvalue weighted by Gasteiger charge is 2.55. The predicted octanol–water partition coefficient (Wildman–Crippen LogP) is 0.833. The number of benzene rings is 1. The summed E-state index contributed by atoms with van der Waals surface area (Å²) in [6.45, 7) is 3.60. The number of hydrogen-bond donors (Lipinski definition) is 3. The molecule has 132 valence electrons. The average molecular weight is 361 g/mol. The third-order valence-electron chi connectivity index (χ3n) is 4.55. The molecule has 2 heterocycles. The van der Waals surface area contributed by atoms with Crippen molar-refractivity contribution in [2.75, 3.05) is 0 Å². The molecule has 2 aliphatic rings. The summed E-state index contributed by atoms with van der Waals surface area (Å²) in [6.07, 6.45) is 0. The minimum atomic E-state index is -1.13. The van der Waals surface area contributed by atoms with Gasteiger partial charge in [0, 0.05) is 5.25 Å². The molecule has 3 rings (SSSR count). The van der Waals surface area contributed by atoms with Gasteiger partial charge in [0.05, 0.1) is 0 Å². The van der Waals surface area contributed by atoms with Gasteiger partial charge in [0.2, 0.25) is 5.91 Å². The first kappa shape index (κ1) is 17.5. The van der Waals surface area contributed by atoms with Crippen molar-refractivity contribution in [3.63, 3.8) is 0 Å². The highest BCUT2D eigenvalue weighted by atomic mass is 32.2. The average Bonchev–Trinajstić information content (AvgIpc) is 2.61. The second-order valence-electron chi connectivity index (χ2n) is 6.09. The molecule has 0 bridgehead atoms. The molecule has 0 spiro atoms. The van der Waals surface area contributed by atoms with Crippen LogP contribution < -0.4 is 11.1 Å². The quantitative estimate of drug-likeness (QED) is 0.685. The molecule has 4 N–H and O–H groups in total. The van der Waals surface area contributed by atoms with E-state index in [1.165, 1.54) is 16.7 Å². The van der Waals surface area contributed by atoms with Crippen LogP contribution in [0.1, 0.15) is 25.5 Å². The Morgan fingerprint density at radius 3 is 2.56 bits per heavy atom. The summed E-state index contributed by atoms with van der Waals surface area (Å²) < 4.78 is 0. The molecule has 1 aromatic rings. The Morgan fingerprint density at radius 2 is 1.96 bits per heavy atom. The summed E-state index contributed by atoms with van der Waals surface area (Å²) >= 11 is 1.46. The molecule has 25 heavy (non-hydrogen) atoms. The van der Waals surface area contributed by atoms with Crippen LogP contribution in [-0.4, -0.2) is 44.5 Å². The maximum absolute atomic E-state index is 12.4. The summed E-state index contributed by atoms with van der Waals surface area (Å²) in [5, 5.41) is 11.6. The minimum Gasteiger partial charge on any atom is -0.477 e. The Bertz CT molecular complexity index is 764. The van der Waals surface area contributed by atoms with Crippen LogP contribution in [0.2, 0.25) is 0 Å². The monoisotopic (exact) mass is 361 g/mol. The zero-order valence-electron chi connectivity index (χ0n) is 13.8. The van der Waals surface area contributed by atoms with E-state index in [2.05, 4.69) is 5.32 Å². The number of amides is 2. The number of fused-ring (bicyclic) bond motifs is 1. The zero-order valence-corrected chi connectivity index (χ0v) is 14.6. The molecule has 2 amide bonds. The molecule has 1 aromatic carbocycles. The van der Waals surface area contributed by atoms with Crippen molar-refractivity contribution in [1.82, 2.24) is 10.2 Å². The number of carboxylic acid groups (broad SMARTS) is 1. The van der Waals surface area contributed by atoms with Crippen LogP contribution in [0.15, 0.2) is 41.6 Å². The standard InChI is InChI=1S/C17H19N3O4S/c1-8-9(2)25-16-12(15(22)20(16)13(8)17(23)24)19-14(21)11(18)10-6-4-3-5-7-10/h3-7,9,11-12,16H,18H2,1-2H3,(H,19,21)(H,23,24)/t9?,11-,12-,16-/m1/s1. The summed E-state index contributed by atoms with van der Waals surface area (Å²) in [6, 6.07) is 7.22. The molecule has 2 aliphatic heterocycles. The number of thioether (sulfide) groups is 1. The van der Waals surface area contributed by atoms with Crippen LogP contribution in [0.5, 0.6) is 0 Å². The second-order valence-corrected chi connectivity index (χ2v) is 7.55. The number of nitrogens with two attached hydrogens (primary N) is 1. The number of carbonyl (C=O) groups excluding carboxylic acids is 2. The molecule has 1 unspecified atom stereocenters. The van der Waals surface area contributed by atoms with Gasteiger partial charge in [0.15, 0.2) is 0 Å². The number of hydrogen-bond acceptors (Lipinski definition) is 5. The predicted molar refractivity (Wildman–Crippen MR) is 93.3 cm³/mol. The zero-order chi connectivity index (χ0) is 18.3. The lowest BCUT2D eigenvalue weighted by atomic mass is 10.0. The first-order valence-electron chi connectivity index (χ1n) is 7.86. The molecule has 0 radical (unpaired) electrons. The van der Waals surface area contributed by atoms with E-state index in [-0.39, 0.29) is 10.9 Å². The van der Waals surface area contributed by atoms with Gasteiger partial charge >= 0.3 is 5.97 Å². The van der Waals surface area contributed by atoms with Gasteiger partial charge in [-0.25, -0.2) is 4.79 Å². The van der Waals surface area contributed by atoms with Crippen molar-refractivity contribution in [1.29, 1.82) is 0 Å². The van der Waals surface area contributed by atoms with Crippen LogP contribution in [0.3, 0.4) is 0 Å². The van der Waals surface area contributed by atoms with E-state index in [4.69, 9.17) is 5.73 Å². The van der Waals surface area contributed by atoms with Crippen LogP contribution in [0.25, 0.3) is 0 Å². The molecule has 1 saturated heterocycles. The van der Waals surface area contributed by atoms with Crippen LogP contribution in [0, 0.1) is 0 Å². The molecule has 0 saturated carbocycles. The Labute approximate surface area is 149 Å². The third kappa shape index (κ3) is 2.91. The van der Waals surface area contributed by atoms with Crippen molar-refractivity contribution < 1.29 is 19.5 Å². The molecule has 0 aliphatic carbocycles. The van der Waals surface area contributed by atoms with Gasteiger partial charge in [-0.1, -0.05) is 30.3 Å². The van der Waals surface area contributed by atoms with Gasteiger partial charge in [-0.3, -0.25) is 14.5 Å². The first-order chi connectivity index (χ1) is 11.8. The number of carbonyl (C=O) groups is 3. The summed E-state index contributed by atoms with van der Waals surface area (Å²) in [4.78, 5) is 37.6. The van der Waals surface area contributed by atoms with Gasteiger partial charge in [0.25, 0.3) is 5.91 Å². The minimum absolute atomic E-state index is 0.0131. The number of aliphatic carboxylic acids is 1. The van der Waals surface area contributed by atoms with Crippen molar-refractivity contribution >= 4 is 29.5 Å². The number of β-lactam (4-membered cyclic amide) rings is 1. The lowest BCUT2D eigenvalue weighted by Crippen LogP contribution is -2.71. The SMILES string of the molecule is CC1=C(C(=O)O)N2C(=O)[C@@H](NC(=O)[C@H](N)c3ccccc3)[C@H]2SC1C. The molecule has 8 heteroatoms. The van der Waals surface area contributed by atoms with Crippen molar-refractivity contribution in [3.05, 3.63) is 47.2 Å². The van der Waals surface area contributed by atoms with Gasteiger partial charge in [0.1, 0.15) is 23.2 Å². The Kier molecular flexibility index (Phi) is 4.57. The van der Waals surface area contributed by atoms with Gasteiger partial charge in [-0.05, 0) is 25.0 Å². The largest absolute Gasteiger partial charge is 0.477 e. The lowest BCUT2D eigenvalue weighted by molar-refractivity contribution is -0.151. The number of nitrogens with one attached hydrogen (secondary N) is 1. The summed E-state index contributed by atoms with van der Waals surface area (Å²) in [5.41, 5.74) is 7.26. The van der Waals surface area contributed by atoms with E-state index in [9.17, 15) is 19.5 Å². The molecule has 0 aromatic heterocycles. The van der Waals surface area contributed by atoms with E-state index < -0.39 is 35.2 Å². The fourth-order valence-electron chi connectivity index (χ4n) is 2.99. The fourth-order valence-corrected chi connectivity index (χ4v) is 4.40. The van der Waals surface area contributed by atoms with Crippen molar-refractivity contribution in [2.24, 2.45) is 5.73 Å². The number of rotatable bonds is 4. The van der Waals surface area contributed by atoms with Crippen molar-refractivity contribution in [3.8, 4) is 0 Å². The van der Waals surface area contributed by atoms with Gasteiger partial charge in [-0.2, -0.15) is 0 Å². The number of nitrogens with zero attached hydrogens (tertiary/aromatic N) is 1. The van der Waals surface area contributed by atoms with Crippen LogP contribution >= 0.6 is 11.8 Å². The molecule has 7 nitrogen and oxygen atoms in total. The van der Waals surface area contributed by atoms with E-state index in [0.717, 1.165) is 0 Å². The van der Waals surface area contributed by atoms with Gasteiger partial charge in [-0.15, -0.1) is 11.8 Å². The fraction of sp³-hybridized carbons (Fsp3) is 0.353. The molecule has 1 fully saturated rings. The number of carboxylic acids is 1. The molecular formula is C17H19N3O4S. The van der Waals surface area contributed by atoms with Crippen LogP contribution in [-0.2, 0) is 14.4 Å². The van der Waals surface area contributed by atoms with Crippen LogP contribution in [0.4, 0.5) is 0 Å². The third-order valence-corrected chi connectivity index (χ3v) is 6.08. The smallest absolute Gasteiger partial charge is 0.352 e. The van der Waals surface area contributed by atoms with E-state index in [1.807, 2.05) is 13.0 Å².